The van der Waals surface area contributed by atoms with E-state index in [0.717, 1.165) is 23.3 Å². The Kier molecular flexibility index (Phi) is 6.30. The molecule has 33 heavy (non-hydrogen) atoms. The van der Waals surface area contributed by atoms with Gasteiger partial charge in [-0.1, -0.05) is 38.1 Å². The number of Topliss-reactive ketones (excluding diaryl/α,β-unsaturated/α-hetero) is 1. The van der Waals surface area contributed by atoms with Gasteiger partial charge in [0.2, 0.25) is 0 Å². The first-order chi connectivity index (χ1) is 15.7. The molecular weight excluding hydrogens is 416 g/mol. The molecule has 2 aromatic carbocycles. The molecule has 0 bridgehead atoms. The molecule has 1 N–H and O–H groups in total. The molecule has 1 fully saturated rings. The fourth-order valence-electron chi connectivity index (χ4n) is 4.55. The van der Waals surface area contributed by atoms with Crippen LogP contribution in [0.25, 0.3) is 5.76 Å². The summed E-state index contributed by atoms with van der Waals surface area (Å²) in [5.41, 5.74) is 3.66. The van der Waals surface area contributed by atoms with Gasteiger partial charge in [-0.3, -0.25) is 9.59 Å². The van der Waals surface area contributed by atoms with E-state index >= 15 is 0 Å². The summed E-state index contributed by atoms with van der Waals surface area (Å²) in [5.74, 6) is -0.189. The lowest BCUT2D eigenvalue weighted by atomic mass is 9.92. The van der Waals surface area contributed by atoms with Crippen LogP contribution in [0.15, 0.2) is 48.0 Å². The number of amides is 1. The summed E-state index contributed by atoms with van der Waals surface area (Å²) in [6, 6.07) is 12.8. The second kappa shape index (κ2) is 9.02. The zero-order chi connectivity index (χ0) is 23.9. The molecule has 1 amide bonds. The van der Waals surface area contributed by atoms with Crippen molar-refractivity contribution in [2.24, 2.45) is 0 Å². The van der Waals surface area contributed by atoms with Gasteiger partial charge in [0, 0.05) is 25.1 Å². The summed E-state index contributed by atoms with van der Waals surface area (Å²) in [6.07, 6.45) is 0.821. The van der Waals surface area contributed by atoms with E-state index < -0.39 is 17.7 Å². The molecule has 2 aliphatic rings. The van der Waals surface area contributed by atoms with Crippen LogP contribution >= 0.6 is 0 Å². The van der Waals surface area contributed by atoms with Crippen molar-refractivity contribution in [1.82, 2.24) is 9.80 Å². The first-order valence-corrected chi connectivity index (χ1v) is 11.5. The summed E-state index contributed by atoms with van der Waals surface area (Å²) >= 11 is 0. The number of likely N-dealkylation sites (tertiary alicyclic amines) is 1. The Balaban J connectivity index is 1.80. The number of rotatable bonds is 6. The second-order valence-electron chi connectivity index (χ2n) is 9.57. The number of aliphatic hydroxyl groups is 1. The fourth-order valence-corrected chi connectivity index (χ4v) is 4.55. The summed E-state index contributed by atoms with van der Waals surface area (Å²) in [5, 5.41) is 11.3. The van der Waals surface area contributed by atoms with Crippen LogP contribution in [-0.2, 0) is 16.0 Å². The van der Waals surface area contributed by atoms with Gasteiger partial charge in [0.25, 0.3) is 11.7 Å². The maximum atomic E-state index is 13.2. The van der Waals surface area contributed by atoms with E-state index in [0.29, 0.717) is 24.6 Å². The number of hydrogen-bond donors (Lipinski definition) is 1. The molecule has 0 aromatic heterocycles. The highest BCUT2D eigenvalue weighted by Gasteiger charge is 2.46. The number of fused-ring (bicyclic) bond motifs is 1. The Morgan fingerprint density at radius 2 is 1.85 bits per heavy atom. The molecule has 6 heteroatoms. The van der Waals surface area contributed by atoms with E-state index in [1.807, 2.05) is 62.3 Å². The molecule has 0 radical (unpaired) electrons. The van der Waals surface area contributed by atoms with E-state index in [-0.39, 0.29) is 17.4 Å². The Bertz CT molecular complexity index is 1100. The molecule has 2 aliphatic heterocycles. The number of hydrogen-bond acceptors (Lipinski definition) is 5. The topological polar surface area (TPSA) is 70.1 Å². The summed E-state index contributed by atoms with van der Waals surface area (Å²) in [4.78, 5) is 29.8. The monoisotopic (exact) mass is 448 g/mol. The van der Waals surface area contributed by atoms with Gasteiger partial charge in [0.15, 0.2) is 0 Å². The SMILES string of the molecule is CC(C)c1ccc([C@@H]2C(=C(O)c3ccc4c(c3)C[C@@H](C)O4)C(=O)C(=O)N2CCN(C)C)cc1. The minimum Gasteiger partial charge on any atom is -0.507 e. The Labute approximate surface area is 195 Å². The van der Waals surface area contributed by atoms with Crippen LogP contribution in [0, 0.1) is 0 Å². The largest absolute Gasteiger partial charge is 0.507 e. The quantitative estimate of drug-likeness (QED) is 0.409. The lowest BCUT2D eigenvalue weighted by Gasteiger charge is -2.27. The minimum atomic E-state index is -0.644. The number of nitrogens with zero attached hydrogens (tertiary/aromatic N) is 2. The van der Waals surface area contributed by atoms with Crippen molar-refractivity contribution in [1.29, 1.82) is 0 Å². The van der Waals surface area contributed by atoms with Gasteiger partial charge in [-0.15, -0.1) is 0 Å². The van der Waals surface area contributed by atoms with Crippen LogP contribution in [0.2, 0.25) is 0 Å². The maximum absolute atomic E-state index is 13.2. The highest BCUT2D eigenvalue weighted by atomic mass is 16.5. The molecule has 2 aromatic rings. The molecule has 0 spiro atoms. The number of ether oxygens (including phenoxy) is 1. The van der Waals surface area contributed by atoms with Crippen molar-refractivity contribution >= 4 is 17.4 Å². The van der Waals surface area contributed by atoms with Gasteiger partial charge in [-0.05, 0) is 61.8 Å². The second-order valence-corrected chi connectivity index (χ2v) is 9.57. The van der Waals surface area contributed by atoms with Crippen molar-refractivity contribution in [2.75, 3.05) is 27.2 Å². The van der Waals surface area contributed by atoms with E-state index in [1.54, 1.807) is 11.0 Å². The van der Waals surface area contributed by atoms with Gasteiger partial charge in [-0.2, -0.15) is 0 Å². The Hall–Kier alpha value is -3.12. The highest BCUT2D eigenvalue weighted by molar-refractivity contribution is 6.46. The molecule has 4 rings (SSSR count). The Morgan fingerprint density at radius 3 is 2.48 bits per heavy atom. The average molecular weight is 449 g/mol. The lowest BCUT2D eigenvalue weighted by Crippen LogP contribution is -2.35. The van der Waals surface area contributed by atoms with E-state index in [4.69, 9.17) is 4.74 Å². The molecule has 0 unspecified atom stereocenters. The summed E-state index contributed by atoms with van der Waals surface area (Å²) in [7, 11) is 3.85. The molecule has 2 heterocycles. The van der Waals surface area contributed by atoms with Gasteiger partial charge in [0.1, 0.15) is 17.6 Å². The van der Waals surface area contributed by atoms with Gasteiger partial charge in [0.05, 0.1) is 11.6 Å². The van der Waals surface area contributed by atoms with Crippen LogP contribution in [0.5, 0.6) is 5.75 Å². The number of carbonyl (C=O) groups excluding carboxylic acids is 2. The van der Waals surface area contributed by atoms with Gasteiger partial charge < -0.3 is 19.6 Å². The summed E-state index contributed by atoms with van der Waals surface area (Å²) < 4.78 is 5.77. The first kappa shape index (κ1) is 23.1. The van der Waals surface area contributed by atoms with E-state index in [1.165, 1.54) is 5.56 Å². The average Bonchev–Trinajstić information content (AvgIpc) is 3.27. The van der Waals surface area contributed by atoms with Crippen molar-refractivity contribution in [3.05, 3.63) is 70.3 Å². The third kappa shape index (κ3) is 4.40. The number of likely N-dealkylation sites (N-methyl/N-ethyl adjacent to an activating group) is 1. The van der Waals surface area contributed by atoms with Crippen LogP contribution in [0.4, 0.5) is 0 Å². The standard InChI is InChI=1S/C27H32N2O4/c1-16(2)18-6-8-19(9-7-18)24-23(26(31)27(32)29(24)13-12-28(4)5)25(30)20-10-11-22-21(15-20)14-17(3)33-22/h6-11,15-17,24,30H,12-14H2,1-5H3/t17-,24-/m1/s1. The first-order valence-electron chi connectivity index (χ1n) is 11.5. The maximum Gasteiger partial charge on any atom is 0.295 e. The Morgan fingerprint density at radius 1 is 1.15 bits per heavy atom. The van der Waals surface area contributed by atoms with Gasteiger partial charge >= 0.3 is 0 Å². The normalized spacial score (nSPS) is 21.7. The number of benzene rings is 2. The van der Waals surface area contributed by atoms with E-state index in [2.05, 4.69) is 13.8 Å². The lowest BCUT2D eigenvalue weighted by molar-refractivity contribution is -0.140. The van der Waals surface area contributed by atoms with Crippen molar-refractivity contribution in [2.45, 2.75) is 45.3 Å². The fraction of sp³-hybridized carbons (Fsp3) is 0.407. The van der Waals surface area contributed by atoms with Gasteiger partial charge in [-0.25, -0.2) is 0 Å². The molecule has 2 atom stereocenters. The molecule has 0 saturated carbocycles. The highest BCUT2D eigenvalue weighted by Crippen LogP contribution is 2.40. The van der Waals surface area contributed by atoms with Crippen LogP contribution < -0.4 is 4.74 Å². The van der Waals surface area contributed by atoms with Crippen LogP contribution in [0.1, 0.15) is 55.0 Å². The van der Waals surface area contributed by atoms with Crippen molar-refractivity contribution < 1.29 is 19.4 Å². The van der Waals surface area contributed by atoms with E-state index in [9.17, 15) is 14.7 Å². The number of aliphatic hydroxyl groups excluding tert-OH is 1. The molecule has 174 valence electrons. The minimum absolute atomic E-state index is 0.0773. The molecule has 6 nitrogen and oxygen atoms in total. The number of ketones is 1. The zero-order valence-corrected chi connectivity index (χ0v) is 20.0. The third-order valence-electron chi connectivity index (χ3n) is 6.42. The summed E-state index contributed by atoms with van der Waals surface area (Å²) in [6.45, 7) is 7.24. The predicted molar refractivity (Wildman–Crippen MR) is 128 cm³/mol. The zero-order valence-electron chi connectivity index (χ0n) is 20.0. The molecule has 1 saturated heterocycles. The van der Waals surface area contributed by atoms with Crippen LogP contribution in [-0.4, -0.2) is 59.9 Å². The molecular formula is C27H32N2O4. The molecule has 0 aliphatic carbocycles. The van der Waals surface area contributed by atoms with Crippen molar-refractivity contribution in [3.8, 4) is 5.75 Å². The van der Waals surface area contributed by atoms with Crippen molar-refractivity contribution in [3.63, 3.8) is 0 Å². The third-order valence-corrected chi connectivity index (χ3v) is 6.42. The number of carbonyl (C=O) groups is 2. The smallest absolute Gasteiger partial charge is 0.295 e. The predicted octanol–water partition coefficient (Wildman–Crippen LogP) is 4.12. The van der Waals surface area contributed by atoms with Crippen LogP contribution in [0.3, 0.4) is 0 Å².